The molecule has 3 aliphatic heterocycles. The third-order valence-electron chi connectivity index (χ3n) is 10.5. The molecule has 10 nitrogen and oxygen atoms in total. The number of hydrogen-bond donors (Lipinski definition) is 2. The maximum absolute atomic E-state index is 12.7. The Balaban J connectivity index is 1.17. The lowest BCUT2D eigenvalue weighted by Gasteiger charge is -2.43. The molecule has 4 fully saturated rings. The topological polar surface area (TPSA) is 111 Å². The van der Waals surface area contributed by atoms with Gasteiger partial charge >= 0.3 is 6.03 Å². The molecule has 6 rings (SSSR count). The van der Waals surface area contributed by atoms with Crippen LogP contribution in [0.4, 0.5) is 22.1 Å². The van der Waals surface area contributed by atoms with Gasteiger partial charge in [-0.15, -0.1) is 0 Å². The molecule has 4 heterocycles. The van der Waals surface area contributed by atoms with E-state index in [0.29, 0.717) is 11.6 Å². The first kappa shape index (κ1) is 28.7. The summed E-state index contributed by atoms with van der Waals surface area (Å²) in [4.78, 5) is 43.0. The van der Waals surface area contributed by atoms with Crippen molar-refractivity contribution < 1.29 is 9.59 Å². The summed E-state index contributed by atoms with van der Waals surface area (Å²) in [7, 11) is 1.85. The number of likely N-dealkylation sites (N-methyl/N-ethyl adjacent to an activating group) is 1. The van der Waals surface area contributed by atoms with Gasteiger partial charge < -0.3 is 30.7 Å². The number of anilines is 3. The molecule has 3 amide bonds. The number of benzene rings is 1. The van der Waals surface area contributed by atoms with Crippen LogP contribution in [0.2, 0.25) is 0 Å². The van der Waals surface area contributed by atoms with Gasteiger partial charge in [-0.3, -0.25) is 4.79 Å². The number of likely N-dealkylation sites (tertiary alicyclic amines) is 1. The first-order valence-corrected chi connectivity index (χ1v) is 15.8. The first-order chi connectivity index (χ1) is 20.2. The van der Waals surface area contributed by atoms with Gasteiger partial charge in [0.25, 0.3) is 5.91 Å². The Morgan fingerprint density at radius 1 is 0.976 bits per heavy atom. The van der Waals surface area contributed by atoms with Crippen molar-refractivity contribution in [2.24, 2.45) is 5.73 Å². The molecule has 1 aromatic carbocycles. The number of rotatable bonds is 7. The number of hydrogen-bond acceptors (Lipinski definition) is 7. The molecular weight excluding hydrogens is 528 g/mol. The number of nitrogens with zero attached hydrogens (tertiary/aromatic N) is 6. The SMILES string of the molecule is C[C@@H]1[C@H](N2CCN(C)C2=O)CCCN1c1cnc(C(N)=O)c(Nc2ccc(C3(C)CCN(C4CCCC4)CC3)cc2)n1. The minimum absolute atomic E-state index is 0.0656. The zero-order valence-corrected chi connectivity index (χ0v) is 25.4. The lowest BCUT2D eigenvalue weighted by molar-refractivity contribution is 0.0996. The Morgan fingerprint density at radius 3 is 2.33 bits per heavy atom. The molecule has 3 N–H and O–H groups in total. The van der Waals surface area contributed by atoms with Crippen molar-refractivity contribution in [2.75, 3.05) is 50.0 Å². The fourth-order valence-electron chi connectivity index (χ4n) is 7.66. The molecule has 0 spiro atoms. The average Bonchev–Trinajstić information content (AvgIpc) is 3.64. The molecule has 0 radical (unpaired) electrons. The normalized spacial score (nSPS) is 25.3. The van der Waals surface area contributed by atoms with Crippen LogP contribution < -0.4 is 16.0 Å². The van der Waals surface area contributed by atoms with Crippen molar-refractivity contribution in [2.45, 2.75) is 88.8 Å². The molecule has 42 heavy (non-hydrogen) atoms. The molecule has 0 unspecified atom stereocenters. The molecule has 1 saturated carbocycles. The highest BCUT2D eigenvalue weighted by molar-refractivity contribution is 5.96. The Kier molecular flexibility index (Phi) is 8.00. The van der Waals surface area contributed by atoms with Gasteiger partial charge in [0.2, 0.25) is 0 Å². The zero-order chi connectivity index (χ0) is 29.4. The minimum Gasteiger partial charge on any atom is -0.364 e. The van der Waals surface area contributed by atoms with E-state index in [4.69, 9.17) is 10.7 Å². The summed E-state index contributed by atoms with van der Waals surface area (Å²) in [5, 5.41) is 3.33. The van der Waals surface area contributed by atoms with Crippen LogP contribution in [0, 0.1) is 0 Å². The van der Waals surface area contributed by atoms with Crippen LogP contribution in [-0.2, 0) is 5.41 Å². The van der Waals surface area contributed by atoms with Crippen LogP contribution in [0.25, 0.3) is 0 Å². The summed E-state index contributed by atoms with van der Waals surface area (Å²) in [6, 6.07) is 9.59. The van der Waals surface area contributed by atoms with Crippen LogP contribution in [-0.4, -0.2) is 94.5 Å². The lowest BCUT2D eigenvalue weighted by Crippen LogP contribution is -2.55. The number of primary amides is 1. The number of aromatic nitrogens is 2. The van der Waals surface area contributed by atoms with Gasteiger partial charge in [-0.2, -0.15) is 0 Å². The monoisotopic (exact) mass is 574 g/mol. The molecule has 0 bridgehead atoms. The summed E-state index contributed by atoms with van der Waals surface area (Å²) in [6.45, 7) is 9.18. The van der Waals surface area contributed by atoms with E-state index in [-0.39, 0.29) is 29.2 Å². The average molecular weight is 575 g/mol. The van der Waals surface area contributed by atoms with E-state index in [1.54, 1.807) is 11.1 Å². The molecule has 10 heteroatoms. The number of nitrogens with two attached hydrogens (primary N) is 1. The second-order valence-corrected chi connectivity index (χ2v) is 13.1. The number of piperidine rings is 2. The van der Waals surface area contributed by atoms with Crippen LogP contribution >= 0.6 is 0 Å². The molecule has 3 saturated heterocycles. The molecule has 226 valence electrons. The zero-order valence-electron chi connectivity index (χ0n) is 25.4. The predicted octanol–water partition coefficient (Wildman–Crippen LogP) is 4.34. The molecule has 2 aromatic rings. The van der Waals surface area contributed by atoms with E-state index in [2.05, 4.69) is 58.2 Å². The third-order valence-corrected chi connectivity index (χ3v) is 10.5. The number of carbonyl (C=O) groups excluding carboxylic acids is 2. The van der Waals surface area contributed by atoms with Crippen molar-refractivity contribution in [3.63, 3.8) is 0 Å². The Hall–Kier alpha value is -3.40. The molecule has 2 atom stereocenters. The highest BCUT2D eigenvalue weighted by Gasteiger charge is 2.39. The van der Waals surface area contributed by atoms with Crippen LogP contribution in [0.1, 0.15) is 81.3 Å². The number of nitrogens with one attached hydrogen (secondary N) is 1. The number of urea groups is 1. The van der Waals surface area contributed by atoms with Gasteiger partial charge in [0.1, 0.15) is 5.82 Å². The Labute approximate surface area is 249 Å². The lowest BCUT2D eigenvalue weighted by atomic mass is 9.74. The molecule has 1 aromatic heterocycles. The maximum atomic E-state index is 12.7. The maximum Gasteiger partial charge on any atom is 0.320 e. The smallest absolute Gasteiger partial charge is 0.320 e. The van der Waals surface area contributed by atoms with E-state index in [1.807, 2.05) is 11.9 Å². The second-order valence-electron chi connectivity index (χ2n) is 13.1. The summed E-state index contributed by atoms with van der Waals surface area (Å²) >= 11 is 0. The molecule has 1 aliphatic carbocycles. The highest BCUT2D eigenvalue weighted by Crippen LogP contribution is 2.38. The van der Waals surface area contributed by atoms with Gasteiger partial charge in [0, 0.05) is 44.5 Å². The summed E-state index contributed by atoms with van der Waals surface area (Å²) in [5.41, 5.74) is 8.18. The Morgan fingerprint density at radius 2 is 1.69 bits per heavy atom. The quantitative estimate of drug-likeness (QED) is 0.506. The van der Waals surface area contributed by atoms with Gasteiger partial charge in [-0.05, 0) is 81.6 Å². The number of amides is 3. The first-order valence-electron chi connectivity index (χ1n) is 15.8. The van der Waals surface area contributed by atoms with E-state index in [0.717, 1.165) is 44.2 Å². The third kappa shape index (κ3) is 5.53. The van der Waals surface area contributed by atoms with Crippen LogP contribution in [0.15, 0.2) is 30.5 Å². The van der Waals surface area contributed by atoms with E-state index in [9.17, 15) is 9.59 Å². The summed E-state index contributed by atoms with van der Waals surface area (Å²) in [5.74, 6) is 0.415. The van der Waals surface area contributed by atoms with Crippen LogP contribution in [0.5, 0.6) is 0 Å². The minimum atomic E-state index is -0.620. The van der Waals surface area contributed by atoms with Crippen molar-refractivity contribution in [3.05, 3.63) is 41.7 Å². The summed E-state index contributed by atoms with van der Waals surface area (Å²) in [6.07, 6.45) is 11.4. The van der Waals surface area contributed by atoms with E-state index in [1.165, 1.54) is 57.2 Å². The Bertz CT molecular complexity index is 1290. The van der Waals surface area contributed by atoms with E-state index >= 15 is 0 Å². The fraction of sp³-hybridized carbons (Fsp3) is 0.625. The van der Waals surface area contributed by atoms with Crippen molar-refractivity contribution >= 4 is 29.3 Å². The molecular formula is C32H46N8O2. The molecule has 4 aliphatic rings. The van der Waals surface area contributed by atoms with E-state index < -0.39 is 5.91 Å². The second kappa shape index (κ2) is 11.7. The van der Waals surface area contributed by atoms with Crippen LogP contribution in [0.3, 0.4) is 0 Å². The van der Waals surface area contributed by atoms with Crippen molar-refractivity contribution in [1.82, 2.24) is 24.7 Å². The largest absolute Gasteiger partial charge is 0.364 e. The van der Waals surface area contributed by atoms with Crippen molar-refractivity contribution in [1.29, 1.82) is 0 Å². The van der Waals surface area contributed by atoms with Crippen molar-refractivity contribution in [3.8, 4) is 0 Å². The standard InChI is InChI=1S/C32H46N8O2/c1-22-26(40-20-19-37(3)31(40)42)9-6-16-39(22)27-21-34-28(29(33)41)30(36-27)35-24-12-10-23(11-13-24)32(2)14-17-38(18-15-32)25-7-4-5-8-25/h10-13,21-22,25-26H,4-9,14-20H2,1-3H3,(H2,33,41)(H,35,36)/t22-,26-/m1/s1. The fourth-order valence-corrected chi connectivity index (χ4v) is 7.66. The van der Waals surface area contributed by atoms with Gasteiger partial charge in [0.05, 0.1) is 12.2 Å². The van der Waals surface area contributed by atoms with Gasteiger partial charge in [0.15, 0.2) is 11.5 Å². The van der Waals surface area contributed by atoms with Gasteiger partial charge in [-0.25, -0.2) is 14.8 Å². The predicted molar refractivity (Wildman–Crippen MR) is 165 cm³/mol. The highest BCUT2D eigenvalue weighted by atomic mass is 16.2. The van der Waals surface area contributed by atoms with Gasteiger partial charge in [-0.1, -0.05) is 31.9 Å². The number of carbonyl (C=O) groups is 2. The summed E-state index contributed by atoms with van der Waals surface area (Å²) < 4.78 is 0.